The molecule has 0 unspecified atom stereocenters. The van der Waals surface area contributed by atoms with Crippen molar-refractivity contribution in [3.8, 4) is 0 Å². The number of carbonyl (C=O) groups excluding carboxylic acids is 1. The fourth-order valence-corrected chi connectivity index (χ4v) is 2.55. The zero-order valence-corrected chi connectivity index (χ0v) is 16.9. The number of nitrogens with two attached hydrogens (primary N) is 2. The second kappa shape index (κ2) is 17.3. The van der Waals surface area contributed by atoms with Crippen LogP contribution in [-0.2, 0) is 4.79 Å². The third-order valence-electron chi connectivity index (χ3n) is 4.09. The largest absolute Gasteiger partial charge is 0.393 e. The zero-order chi connectivity index (χ0) is 20.3. The topological polar surface area (TPSA) is 114 Å². The summed E-state index contributed by atoms with van der Waals surface area (Å²) in [5.74, 6) is 0.0193. The Hall–Kier alpha value is -2.08. The molecule has 0 fully saturated rings. The third-order valence-corrected chi connectivity index (χ3v) is 4.09. The molecule has 6 nitrogen and oxygen atoms in total. The third kappa shape index (κ3) is 17.1. The molecule has 27 heavy (non-hydrogen) atoms. The van der Waals surface area contributed by atoms with E-state index in [1.807, 2.05) is 25.2 Å². The van der Waals surface area contributed by atoms with Gasteiger partial charge in [-0.1, -0.05) is 50.6 Å². The summed E-state index contributed by atoms with van der Waals surface area (Å²) in [6, 6.07) is 0.142. The number of rotatable bonds is 15. The second-order valence-corrected chi connectivity index (χ2v) is 6.61. The van der Waals surface area contributed by atoms with Crippen molar-refractivity contribution in [2.45, 2.75) is 77.4 Å². The number of aliphatic hydroxyl groups is 1. The van der Waals surface area contributed by atoms with E-state index in [9.17, 15) is 9.90 Å². The quantitative estimate of drug-likeness (QED) is 0.115. The van der Waals surface area contributed by atoms with Gasteiger partial charge in [-0.05, 0) is 44.9 Å². The maximum absolute atomic E-state index is 12.0. The van der Waals surface area contributed by atoms with Crippen LogP contribution in [0.15, 0.2) is 41.4 Å². The van der Waals surface area contributed by atoms with Gasteiger partial charge in [0.2, 0.25) is 5.91 Å². The summed E-state index contributed by atoms with van der Waals surface area (Å²) in [6.07, 6.45) is 18.1. The SMILES string of the molecule is CCC[C@H](CCCN=C(N)N)NC(=O)/C=C/C=C\C=C\CCC[C@H](O)CC. The van der Waals surface area contributed by atoms with Crippen molar-refractivity contribution in [2.24, 2.45) is 16.5 Å². The van der Waals surface area contributed by atoms with Gasteiger partial charge in [0.05, 0.1) is 6.10 Å². The molecule has 0 aromatic heterocycles. The van der Waals surface area contributed by atoms with Crippen molar-refractivity contribution in [1.29, 1.82) is 0 Å². The lowest BCUT2D eigenvalue weighted by Crippen LogP contribution is -2.33. The zero-order valence-electron chi connectivity index (χ0n) is 16.9. The van der Waals surface area contributed by atoms with Crippen molar-refractivity contribution in [3.05, 3.63) is 36.5 Å². The summed E-state index contributed by atoms with van der Waals surface area (Å²) in [7, 11) is 0. The molecule has 0 saturated heterocycles. The molecule has 0 aliphatic carbocycles. The Morgan fingerprint density at radius 2 is 1.81 bits per heavy atom. The number of hydrogen-bond acceptors (Lipinski definition) is 3. The van der Waals surface area contributed by atoms with E-state index in [0.717, 1.165) is 51.4 Å². The lowest BCUT2D eigenvalue weighted by Gasteiger charge is -2.16. The minimum Gasteiger partial charge on any atom is -0.393 e. The molecule has 0 spiro atoms. The van der Waals surface area contributed by atoms with Crippen molar-refractivity contribution in [1.82, 2.24) is 5.32 Å². The van der Waals surface area contributed by atoms with Crippen LogP contribution in [0.25, 0.3) is 0 Å². The summed E-state index contributed by atoms with van der Waals surface area (Å²) in [4.78, 5) is 16.0. The number of nitrogens with one attached hydrogen (secondary N) is 1. The van der Waals surface area contributed by atoms with Gasteiger partial charge in [0.15, 0.2) is 5.96 Å². The molecular formula is C21H38N4O2. The van der Waals surface area contributed by atoms with Crippen molar-refractivity contribution in [3.63, 3.8) is 0 Å². The lowest BCUT2D eigenvalue weighted by atomic mass is 10.1. The first kappa shape index (κ1) is 24.9. The number of allylic oxidation sites excluding steroid dienone is 5. The van der Waals surface area contributed by atoms with E-state index in [4.69, 9.17) is 11.5 Å². The lowest BCUT2D eigenvalue weighted by molar-refractivity contribution is -0.117. The van der Waals surface area contributed by atoms with Crippen LogP contribution in [0.3, 0.4) is 0 Å². The standard InChI is InChI=1S/C21H38N4O2/c1-3-13-18(14-12-17-24-21(22)23)25-20(27)16-11-9-7-5-6-8-10-15-19(26)4-2/h5-7,9,11,16,18-19,26H,3-4,8,10,12-15,17H2,1-2H3,(H,25,27)(H4,22,23,24)/b6-5+,9-7-,16-11+/t18-,19-/m1/s1. The van der Waals surface area contributed by atoms with Gasteiger partial charge < -0.3 is 21.9 Å². The summed E-state index contributed by atoms with van der Waals surface area (Å²) >= 11 is 0. The Kier molecular flexibility index (Phi) is 16.0. The summed E-state index contributed by atoms with van der Waals surface area (Å²) in [5, 5.41) is 12.5. The van der Waals surface area contributed by atoms with Gasteiger partial charge >= 0.3 is 0 Å². The summed E-state index contributed by atoms with van der Waals surface area (Å²) in [6.45, 7) is 4.67. The highest BCUT2D eigenvalue weighted by Crippen LogP contribution is 2.06. The Morgan fingerprint density at radius 3 is 2.48 bits per heavy atom. The van der Waals surface area contributed by atoms with Crippen LogP contribution in [0, 0.1) is 0 Å². The van der Waals surface area contributed by atoms with Crippen LogP contribution < -0.4 is 16.8 Å². The van der Waals surface area contributed by atoms with Gasteiger partial charge in [0.1, 0.15) is 0 Å². The van der Waals surface area contributed by atoms with E-state index in [1.54, 1.807) is 12.2 Å². The number of hydrogen-bond donors (Lipinski definition) is 4. The smallest absolute Gasteiger partial charge is 0.244 e. The molecule has 6 heteroatoms. The molecule has 0 bridgehead atoms. The number of guanidine groups is 1. The van der Waals surface area contributed by atoms with Crippen LogP contribution in [0.5, 0.6) is 0 Å². The van der Waals surface area contributed by atoms with Gasteiger partial charge in [-0.3, -0.25) is 9.79 Å². The first-order valence-electron chi connectivity index (χ1n) is 10.0. The fraction of sp³-hybridized carbons (Fsp3) is 0.619. The van der Waals surface area contributed by atoms with Crippen molar-refractivity contribution in [2.75, 3.05) is 6.54 Å². The van der Waals surface area contributed by atoms with Crippen LogP contribution in [0.2, 0.25) is 0 Å². The minimum absolute atomic E-state index is 0.0857. The molecule has 6 N–H and O–H groups in total. The van der Waals surface area contributed by atoms with E-state index >= 15 is 0 Å². The molecule has 0 aromatic rings. The molecule has 0 aromatic carbocycles. The highest BCUT2D eigenvalue weighted by atomic mass is 16.3. The predicted molar refractivity (Wildman–Crippen MR) is 114 cm³/mol. The predicted octanol–water partition coefficient (Wildman–Crippen LogP) is 2.93. The number of unbranched alkanes of at least 4 members (excludes halogenated alkanes) is 1. The maximum Gasteiger partial charge on any atom is 0.244 e. The average molecular weight is 379 g/mol. The Morgan fingerprint density at radius 1 is 1.07 bits per heavy atom. The normalized spacial score (nSPS) is 14.0. The first-order valence-corrected chi connectivity index (χ1v) is 10.0. The van der Waals surface area contributed by atoms with E-state index in [-0.39, 0.29) is 24.0 Å². The number of aliphatic hydroxyl groups excluding tert-OH is 1. The summed E-state index contributed by atoms with van der Waals surface area (Å²) in [5.41, 5.74) is 10.6. The van der Waals surface area contributed by atoms with E-state index in [1.165, 1.54) is 0 Å². The van der Waals surface area contributed by atoms with Crippen LogP contribution in [-0.4, -0.2) is 35.7 Å². The molecular weight excluding hydrogens is 340 g/mol. The molecule has 0 rings (SSSR count). The highest BCUT2D eigenvalue weighted by Gasteiger charge is 2.09. The molecule has 154 valence electrons. The number of aliphatic imine (C=N–C) groups is 1. The Labute approximate surface area is 164 Å². The molecule has 0 aliphatic heterocycles. The second-order valence-electron chi connectivity index (χ2n) is 6.61. The van der Waals surface area contributed by atoms with Crippen LogP contribution in [0.4, 0.5) is 0 Å². The number of nitrogens with zero attached hydrogens (tertiary/aromatic N) is 1. The highest BCUT2D eigenvalue weighted by molar-refractivity contribution is 5.87. The van der Waals surface area contributed by atoms with Gasteiger partial charge in [-0.2, -0.15) is 0 Å². The van der Waals surface area contributed by atoms with Crippen LogP contribution >= 0.6 is 0 Å². The Bertz CT molecular complexity index is 494. The first-order chi connectivity index (χ1) is 13.0. The van der Waals surface area contributed by atoms with Crippen molar-refractivity contribution < 1.29 is 9.90 Å². The van der Waals surface area contributed by atoms with Gasteiger partial charge in [-0.15, -0.1) is 0 Å². The van der Waals surface area contributed by atoms with Gasteiger partial charge in [0.25, 0.3) is 0 Å². The molecule has 0 heterocycles. The molecule has 0 saturated carbocycles. The molecule has 2 atom stereocenters. The van der Waals surface area contributed by atoms with Gasteiger partial charge in [0, 0.05) is 18.7 Å². The fourth-order valence-electron chi connectivity index (χ4n) is 2.55. The monoisotopic (exact) mass is 378 g/mol. The van der Waals surface area contributed by atoms with Crippen molar-refractivity contribution >= 4 is 11.9 Å². The van der Waals surface area contributed by atoms with E-state index < -0.39 is 0 Å². The van der Waals surface area contributed by atoms with Gasteiger partial charge in [-0.25, -0.2) is 0 Å². The molecule has 0 aliphatic rings. The Balaban J connectivity index is 4.07. The summed E-state index contributed by atoms with van der Waals surface area (Å²) < 4.78 is 0. The van der Waals surface area contributed by atoms with Crippen LogP contribution in [0.1, 0.15) is 65.2 Å². The number of amides is 1. The minimum atomic E-state index is -0.182. The number of carbonyl (C=O) groups is 1. The maximum atomic E-state index is 12.0. The molecule has 1 amide bonds. The van der Waals surface area contributed by atoms with E-state index in [2.05, 4.69) is 23.3 Å². The van der Waals surface area contributed by atoms with E-state index in [0.29, 0.717) is 6.54 Å². The average Bonchev–Trinajstić information content (AvgIpc) is 2.63. The molecule has 0 radical (unpaired) electrons.